The predicted octanol–water partition coefficient (Wildman–Crippen LogP) is 3.70. The fourth-order valence-corrected chi connectivity index (χ4v) is 5.48. The lowest BCUT2D eigenvalue weighted by atomic mass is 9.85. The minimum absolute atomic E-state index is 0.0572. The Morgan fingerprint density at radius 2 is 1.79 bits per heavy atom. The monoisotopic (exact) mass is 515 g/mol. The third-order valence-electron chi connectivity index (χ3n) is 8.04. The van der Waals surface area contributed by atoms with Crippen molar-refractivity contribution in [2.75, 3.05) is 46.2 Å². The van der Waals surface area contributed by atoms with Crippen LogP contribution in [0.25, 0.3) is 11.1 Å². The molecule has 5 rings (SSSR count). The van der Waals surface area contributed by atoms with Crippen molar-refractivity contribution >= 4 is 17.5 Å². The number of amides is 2. The first-order valence-corrected chi connectivity index (χ1v) is 13.0. The molecule has 1 aromatic heterocycles. The van der Waals surface area contributed by atoms with Crippen LogP contribution >= 0.6 is 0 Å². The zero-order chi connectivity index (χ0) is 27.3. The van der Waals surface area contributed by atoms with Crippen LogP contribution in [0.4, 0.5) is 5.69 Å². The standard InChI is InChI=1S/C30H37N5O3/c1-18-8-9-23(35-17-27-28(35)16-34(27)6)14-25(18)29(36)31-19(2)20-10-21(12-24(11-20)38-7)22-13-26(33(5)15-22)30(37)32(3)4/h8-15,19,27-28H,16-17H2,1-7H3,(H,31,36). The maximum Gasteiger partial charge on any atom is 0.269 e. The topological polar surface area (TPSA) is 70.0 Å². The number of benzene rings is 2. The Hall–Kier alpha value is -3.78. The van der Waals surface area contributed by atoms with Gasteiger partial charge in [0.05, 0.1) is 19.2 Å². The summed E-state index contributed by atoms with van der Waals surface area (Å²) in [5, 5.41) is 3.19. The first-order chi connectivity index (χ1) is 18.1. The van der Waals surface area contributed by atoms with Crippen LogP contribution in [-0.4, -0.2) is 79.6 Å². The van der Waals surface area contributed by atoms with Gasteiger partial charge in [-0.3, -0.25) is 14.5 Å². The van der Waals surface area contributed by atoms with Gasteiger partial charge in [0.25, 0.3) is 11.8 Å². The molecule has 2 fully saturated rings. The summed E-state index contributed by atoms with van der Waals surface area (Å²) in [6.45, 7) is 6.04. The molecule has 38 heavy (non-hydrogen) atoms. The van der Waals surface area contributed by atoms with Crippen LogP contribution < -0.4 is 15.0 Å². The average Bonchev–Trinajstić information content (AvgIpc) is 3.28. The normalized spacial score (nSPS) is 19.2. The van der Waals surface area contributed by atoms with Gasteiger partial charge >= 0.3 is 0 Å². The smallest absolute Gasteiger partial charge is 0.269 e. The molecule has 0 spiro atoms. The second-order valence-corrected chi connectivity index (χ2v) is 10.8. The summed E-state index contributed by atoms with van der Waals surface area (Å²) in [4.78, 5) is 32.3. The van der Waals surface area contributed by atoms with E-state index in [0.29, 0.717) is 29.1 Å². The maximum absolute atomic E-state index is 13.4. The molecule has 8 heteroatoms. The summed E-state index contributed by atoms with van der Waals surface area (Å²) in [5.41, 5.74) is 6.12. The third kappa shape index (κ3) is 4.53. The molecule has 2 aromatic carbocycles. The van der Waals surface area contributed by atoms with Crippen LogP contribution in [-0.2, 0) is 7.05 Å². The Kier molecular flexibility index (Phi) is 6.69. The fourth-order valence-electron chi connectivity index (χ4n) is 5.48. The van der Waals surface area contributed by atoms with E-state index >= 15 is 0 Å². The second-order valence-electron chi connectivity index (χ2n) is 10.8. The highest BCUT2D eigenvalue weighted by Gasteiger charge is 2.49. The molecule has 2 aliphatic heterocycles. The summed E-state index contributed by atoms with van der Waals surface area (Å²) in [5.74, 6) is 0.541. The van der Waals surface area contributed by atoms with Gasteiger partial charge in [-0.05, 0) is 74.0 Å². The molecular weight excluding hydrogens is 478 g/mol. The molecule has 3 atom stereocenters. The van der Waals surface area contributed by atoms with E-state index in [4.69, 9.17) is 4.74 Å². The van der Waals surface area contributed by atoms with Crippen molar-refractivity contribution in [1.82, 2.24) is 19.7 Å². The highest BCUT2D eigenvalue weighted by atomic mass is 16.5. The number of piperazine rings is 1. The number of anilines is 1. The molecule has 200 valence electrons. The number of nitrogens with one attached hydrogen (secondary N) is 1. The number of aryl methyl sites for hydroxylation is 2. The Bertz CT molecular complexity index is 1390. The first kappa shape index (κ1) is 25.9. The number of rotatable bonds is 7. The van der Waals surface area contributed by atoms with Gasteiger partial charge in [-0.1, -0.05) is 6.07 Å². The molecular formula is C30H37N5O3. The van der Waals surface area contributed by atoms with Gasteiger partial charge in [0.2, 0.25) is 0 Å². The van der Waals surface area contributed by atoms with Crippen molar-refractivity contribution < 1.29 is 14.3 Å². The molecule has 2 saturated heterocycles. The van der Waals surface area contributed by atoms with Crippen LogP contribution in [0.2, 0.25) is 0 Å². The van der Waals surface area contributed by atoms with Gasteiger partial charge in [0.1, 0.15) is 11.4 Å². The van der Waals surface area contributed by atoms with Gasteiger partial charge in [0.15, 0.2) is 0 Å². The average molecular weight is 516 g/mol. The van der Waals surface area contributed by atoms with E-state index in [9.17, 15) is 9.59 Å². The molecule has 0 saturated carbocycles. The van der Waals surface area contributed by atoms with Crippen LogP contribution in [0.3, 0.4) is 0 Å². The van der Waals surface area contributed by atoms with Crippen molar-refractivity contribution in [3.05, 3.63) is 71.0 Å². The van der Waals surface area contributed by atoms with Crippen LogP contribution in [0.1, 0.15) is 44.9 Å². The number of fused-ring (bicyclic) bond motifs is 1. The lowest BCUT2D eigenvalue weighted by molar-refractivity contribution is 0.0368. The molecule has 0 bridgehead atoms. The van der Waals surface area contributed by atoms with E-state index in [1.807, 2.05) is 68.1 Å². The van der Waals surface area contributed by atoms with Gasteiger partial charge in [-0.2, -0.15) is 0 Å². The molecule has 0 radical (unpaired) electrons. The van der Waals surface area contributed by atoms with E-state index < -0.39 is 0 Å². The molecule has 2 amide bonds. The number of hydrogen-bond donors (Lipinski definition) is 1. The van der Waals surface area contributed by atoms with Crippen molar-refractivity contribution in [2.24, 2.45) is 7.05 Å². The summed E-state index contributed by atoms with van der Waals surface area (Å²) < 4.78 is 7.42. The molecule has 2 aliphatic rings. The van der Waals surface area contributed by atoms with Crippen molar-refractivity contribution in [3.8, 4) is 16.9 Å². The number of likely N-dealkylation sites (N-methyl/N-ethyl adjacent to an activating group) is 1. The maximum atomic E-state index is 13.4. The summed E-state index contributed by atoms with van der Waals surface area (Å²) in [6, 6.07) is 14.9. The van der Waals surface area contributed by atoms with Crippen molar-refractivity contribution in [3.63, 3.8) is 0 Å². The number of hydrogen-bond acceptors (Lipinski definition) is 5. The Labute approximate surface area is 224 Å². The van der Waals surface area contributed by atoms with E-state index in [-0.39, 0.29) is 17.9 Å². The Morgan fingerprint density at radius 1 is 1.03 bits per heavy atom. The largest absolute Gasteiger partial charge is 0.497 e. The van der Waals surface area contributed by atoms with Crippen molar-refractivity contribution in [1.29, 1.82) is 0 Å². The van der Waals surface area contributed by atoms with Gasteiger partial charge < -0.3 is 24.4 Å². The van der Waals surface area contributed by atoms with Crippen LogP contribution in [0.5, 0.6) is 5.75 Å². The summed E-state index contributed by atoms with van der Waals surface area (Å²) in [6.07, 6.45) is 1.94. The number of aromatic nitrogens is 1. The molecule has 3 aromatic rings. The molecule has 3 unspecified atom stereocenters. The predicted molar refractivity (Wildman–Crippen MR) is 150 cm³/mol. The lowest BCUT2D eigenvalue weighted by Crippen LogP contribution is -2.78. The zero-order valence-corrected chi connectivity index (χ0v) is 23.3. The number of carbonyl (C=O) groups is 2. The third-order valence-corrected chi connectivity index (χ3v) is 8.04. The Balaban J connectivity index is 1.37. The molecule has 8 nitrogen and oxygen atoms in total. The number of carbonyl (C=O) groups excluding carboxylic acids is 2. The van der Waals surface area contributed by atoms with Gasteiger partial charge in [-0.25, -0.2) is 0 Å². The van der Waals surface area contributed by atoms with E-state index in [1.54, 1.807) is 26.1 Å². The highest BCUT2D eigenvalue weighted by molar-refractivity contribution is 5.97. The second kappa shape index (κ2) is 9.83. The highest BCUT2D eigenvalue weighted by Crippen LogP contribution is 2.37. The Morgan fingerprint density at radius 3 is 2.42 bits per heavy atom. The van der Waals surface area contributed by atoms with E-state index in [2.05, 4.69) is 28.2 Å². The SMILES string of the molecule is COc1cc(-c2cc(C(=O)N(C)C)n(C)c2)cc(C(C)NC(=O)c2cc(N3CC4C3CN4C)ccc2C)c1. The fraction of sp³-hybridized carbons (Fsp3) is 0.400. The first-order valence-electron chi connectivity index (χ1n) is 13.0. The number of likely N-dealkylation sites (tertiary alicyclic amines) is 1. The van der Waals surface area contributed by atoms with Gasteiger partial charge in [-0.15, -0.1) is 0 Å². The number of methoxy groups -OCH3 is 1. The quantitative estimate of drug-likeness (QED) is 0.520. The van der Waals surface area contributed by atoms with E-state index in [0.717, 1.165) is 41.0 Å². The summed E-state index contributed by atoms with van der Waals surface area (Å²) >= 11 is 0. The lowest BCUT2D eigenvalue weighted by Gasteiger charge is -2.62. The number of ether oxygens (including phenoxy) is 1. The van der Waals surface area contributed by atoms with Crippen LogP contribution in [0.15, 0.2) is 48.7 Å². The minimum atomic E-state index is -0.250. The summed E-state index contributed by atoms with van der Waals surface area (Å²) in [7, 11) is 9.15. The zero-order valence-electron chi connectivity index (χ0n) is 23.3. The number of nitrogens with zero attached hydrogens (tertiary/aromatic N) is 4. The van der Waals surface area contributed by atoms with Crippen molar-refractivity contribution in [2.45, 2.75) is 32.0 Å². The molecule has 0 aliphatic carbocycles. The van der Waals surface area contributed by atoms with E-state index in [1.165, 1.54) is 0 Å². The molecule has 1 N–H and O–H groups in total. The van der Waals surface area contributed by atoms with Gasteiger partial charge in [0, 0.05) is 63.3 Å². The molecule has 3 heterocycles. The minimum Gasteiger partial charge on any atom is -0.497 e. The van der Waals surface area contributed by atoms with Crippen LogP contribution in [0, 0.1) is 6.92 Å².